The van der Waals surface area contributed by atoms with E-state index >= 15 is 0 Å². The van der Waals surface area contributed by atoms with Gasteiger partial charge in [0.15, 0.2) is 0 Å². The smallest absolute Gasteiger partial charge is 0.239 e. The van der Waals surface area contributed by atoms with E-state index in [9.17, 15) is 9.90 Å². The first-order valence-corrected chi connectivity index (χ1v) is 6.21. The summed E-state index contributed by atoms with van der Waals surface area (Å²) >= 11 is 0. The minimum Gasteiger partial charge on any atom is -0.388 e. The van der Waals surface area contributed by atoms with E-state index in [4.69, 9.17) is 10.5 Å². The Balaban J connectivity index is 2.32. The van der Waals surface area contributed by atoms with Gasteiger partial charge in [0.1, 0.15) is 6.04 Å². The van der Waals surface area contributed by atoms with E-state index in [1.807, 2.05) is 0 Å². The van der Waals surface area contributed by atoms with E-state index in [0.717, 1.165) is 25.7 Å². The van der Waals surface area contributed by atoms with Crippen molar-refractivity contribution < 1.29 is 14.6 Å². The fourth-order valence-electron chi connectivity index (χ4n) is 2.11. The Hall–Kier alpha value is -0.650. The van der Waals surface area contributed by atoms with E-state index in [0.29, 0.717) is 5.92 Å². The summed E-state index contributed by atoms with van der Waals surface area (Å²) in [6.45, 7) is 2.67. The highest BCUT2D eigenvalue weighted by Gasteiger charge is 2.32. The van der Waals surface area contributed by atoms with E-state index in [1.165, 1.54) is 7.11 Å². The van der Waals surface area contributed by atoms with Gasteiger partial charge in [-0.3, -0.25) is 4.79 Å². The maximum absolute atomic E-state index is 11.6. The first-order valence-electron chi connectivity index (χ1n) is 6.21. The molecule has 0 bridgehead atoms. The van der Waals surface area contributed by atoms with Crippen LogP contribution in [-0.2, 0) is 9.53 Å². The van der Waals surface area contributed by atoms with Crippen LogP contribution in [0.1, 0.15) is 32.6 Å². The molecule has 0 aromatic heterocycles. The molecule has 4 N–H and O–H groups in total. The molecule has 1 rings (SSSR count). The summed E-state index contributed by atoms with van der Waals surface area (Å²) in [4.78, 5) is 11.6. The largest absolute Gasteiger partial charge is 0.388 e. The van der Waals surface area contributed by atoms with Crippen molar-refractivity contribution in [2.75, 3.05) is 20.3 Å². The summed E-state index contributed by atoms with van der Waals surface area (Å²) in [5.74, 6) is 0.403. The Morgan fingerprint density at radius 3 is 2.71 bits per heavy atom. The molecule has 0 spiro atoms. The highest BCUT2D eigenvalue weighted by atomic mass is 16.5. The van der Waals surface area contributed by atoms with Gasteiger partial charge in [-0.2, -0.15) is 0 Å². The third-order valence-corrected chi connectivity index (χ3v) is 3.48. The summed E-state index contributed by atoms with van der Waals surface area (Å²) in [6.07, 6.45) is 3.51. The summed E-state index contributed by atoms with van der Waals surface area (Å²) in [6, 6.07) is -0.661. The molecule has 0 aromatic rings. The zero-order chi connectivity index (χ0) is 12.9. The topological polar surface area (TPSA) is 84.6 Å². The number of hydrogen-bond acceptors (Lipinski definition) is 4. The Morgan fingerprint density at radius 2 is 2.18 bits per heavy atom. The van der Waals surface area contributed by atoms with Crippen LogP contribution in [0.25, 0.3) is 0 Å². The fourth-order valence-corrected chi connectivity index (χ4v) is 2.11. The molecule has 1 aliphatic carbocycles. The molecule has 1 atom stereocenters. The van der Waals surface area contributed by atoms with E-state index in [2.05, 4.69) is 12.2 Å². The number of rotatable bonds is 5. The molecule has 1 unspecified atom stereocenters. The lowest BCUT2D eigenvalue weighted by Gasteiger charge is -2.35. The van der Waals surface area contributed by atoms with Gasteiger partial charge in [0, 0.05) is 13.7 Å². The van der Waals surface area contributed by atoms with Crippen molar-refractivity contribution in [3.63, 3.8) is 0 Å². The molecule has 17 heavy (non-hydrogen) atoms. The zero-order valence-corrected chi connectivity index (χ0v) is 10.7. The molecule has 5 nitrogen and oxygen atoms in total. The predicted octanol–water partition coefficient (Wildman–Crippen LogP) is 0.0175. The van der Waals surface area contributed by atoms with Crippen LogP contribution in [0.15, 0.2) is 0 Å². The number of ether oxygens (including phenoxy) is 1. The maximum Gasteiger partial charge on any atom is 0.239 e. The number of nitrogens with one attached hydrogen (secondary N) is 1. The highest BCUT2D eigenvalue weighted by molar-refractivity contribution is 5.81. The monoisotopic (exact) mass is 244 g/mol. The standard InChI is InChI=1S/C12H24N2O3/c1-9-3-5-12(16,6-4-9)8-14-11(15)10(13)7-17-2/h9-10,16H,3-8,13H2,1-2H3,(H,14,15). The van der Waals surface area contributed by atoms with Crippen molar-refractivity contribution in [1.82, 2.24) is 5.32 Å². The normalized spacial score (nSPS) is 30.9. The Bertz CT molecular complexity index is 250. The molecule has 100 valence electrons. The second-order valence-electron chi connectivity index (χ2n) is 5.19. The molecule has 5 heteroatoms. The van der Waals surface area contributed by atoms with Gasteiger partial charge in [0.2, 0.25) is 5.91 Å². The summed E-state index contributed by atoms with van der Waals surface area (Å²) < 4.78 is 4.81. The summed E-state index contributed by atoms with van der Waals surface area (Å²) in [7, 11) is 1.50. The lowest BCUT2D eigenvalue weighted by Crippen LogP contribution is -2.50. The van der Waals surface area contributed by atoms with Gasteiger partial charge in [-0.05, 0) is 31.6 Å². The number of amides is 1. The van der Waals surface area contributed by atoms with Crippen molar-refractivity contribution in [2.45, 2.75) is 44.2 Å². The third kappa shape index (κ3) is 4.61. The summed E-state index contributed by atoms with van der Waals surface area (Å²) in [5, 5.41) is 13.0. The summed E-state index contributed by atoms with van der Waals surface area (Å²) in [5.41, 5.74) is 4.83. The number of aliphatic hydroxyl groups is 1. The molecule has 1 fully saturated rings. The third-order valence-electron chi connectivity index (χ3n) is 3.48. The molecule has 1 saturated carbocycles. The highest BCUT2D eigenvalue weighted by Crippen LogP contribution is 2.31. The van der Waals surface area contributed by atoms with Crippen molar-refractivity contribution in [1.29, 1.82) is 0 Å². The van der Waals surface area contributed by atoms with Crippen molar-refractivity contribution in [2.24, 2.45) is 11.7 Å². The second kappa shape index (κ2) is 6.33. The first kappa shape index (κ1) is 14.4. The Kier molecular flexibility index (Phi) is 5.36. The van der Waals surface area contributed by atoms with Crippen LogP contribution in [0.2, 0.25) is 0 Å². The molecule has 0 radical (unpaired) electrons. The van der Waals surface area contributed by atoms with Gasteiger partial charge in [-0.15, -0.1) is 0 Å². The van der Waals surface area contributed by atoms with Gasteiger partial charge in [-0.1, -0.05) is 6.92 Å². The van der Waals surface area contributed by atoms with Crippen LogP contribution >= 0.6 is 0 Å². The lowest BCUT2D eigenvalue weighted by molar-refractivity contribution is -0.125. The minimum absolute atomic E-state index is 0.196. The number of methoxy groups -OCH3 is 1. The van der Waals surface area contributed by atoms with Crippen LogP contribution in [0.3, 0.4) is 0 Å². The van der Waals surface area contributed by atoms with Crippen LogP contribution in [-0.4, -0.2) is 42.9 Å². The quantitative estimate of drug-likeness (QED) is 0.636. The van der Waals surface area contributed by atoms with Crippen molar-refractivity contribution in [3.05, 3.63) is 0 Å². The van der Waals surface area contributed by atoms with Gasteiger partial charge >= 0.3 is 0 Å². The minimum atomic E-state index is -0.755. The average Bonchev–Trinajstić information content (AvgIpc) is 2.31. The van der Waals surface area contributed by atoms with Crippen LogP contribution in [0.4, 0.5) is 0 Å². The molecule has 0 aliphatic heterocycles. The van der Waals surface area contributed by atoms with Gasteiger partial charge < -0.3 is 20.9 Å². The number of nitrogens with two attached hydrogens (primary N) is 1. The second-order valence-corrected chi connectivity index (χ2v) is 5.19. The Labute approximate surface area is 103 Å². The fraction of sp³-hybridized carbons (Fsp3) is 0.917. The molecule has 0 aromatic carbocycles. The van der Waals surface area contributed by atoms with Gasteiger partial charge in [0.25, 0.3) is 0 Å². The number of carbonyl (C=O) groups excluding carboxylic acids is 1. The van der Waals surface area contributed by atoms with Crippen molar-refractivity contribution in [3.8, 4) is 0 Å². The van der Waals surface area contributed by atoms with Gasteiger partial charge in [0.05, 0.1) is 12.2 Å². The van der Waals surface area contributed by atoms with Crippen LogP contribution < -0.4 is 11.1 Å². The van der Waals surface area contributed by atoms with E-state index < -0.39 is 11.6 Å². The molecule has 1 aliphatic rings. The molecular formula is C12H24N2O3. The Morgan fingerprint density at radius 1 is 1.59 bits per heavy atom. The molecule has 0 heterocycles. The van der Waals surface area contributed by atoms with Crippen LogP contribution in [0.5, 0.6) is 0 Å². The molecule has 0 saturated heterocycles. The first-order chi connectivity index (χ1) is 7.97. The zero-order valence-electron chi connectivity index (χ0n) is 10.7. The SMILES string of the molecule is COCC(N)C(=O)NCC1(O)CCC(C)CC1. The number of carbonyl (C=O) groups is 1. The van der Waals surface area contributed by atoms with Crippen molar-refractivity contribution >= 4 is 5.91 Å². The van der Waals surface area contributed by atoms with Gasteiger partial charge in [-0.25, -0.2) is 0 Å². The molecule has 1 amide bonds. The number of hydrogen-bond donors (Lipinski definition) is 3. The molecular weight excluding hydrogens is 220 g/mol. The van der Waals surface area contributed by atoms with Crippen LogP contribution in [0, 0.1) is 5.92 Å². The van der Waals surface area contributed by atoms with E-state index in [1.54, 1.807) is 0 Å². The average molecular weight is 244 g/mol. The lowest BCUT2D eigenvalue weighted by atomic mass is 9.79. The van der Waals surface area contributed by atoms with E-state index in [-0.39, 0.29) is 19.1 Å². The predicted molar refractivity (Wildman–Crippen MR) is 65.4 cm³/mol. The maximum atomic E-state index is 11.6.